The summed E-state index contributed by atoms with van der Waals surface area (Å²) in [5.74, 6) is 0. The Hall–Kier alpha value is -0.770. The molecule has 4 heteroatoms. The van der Waals surface area contributed by atoms with Crippen molar-refractivity contribution in [2.45, 2.75) is 13.2 Å². The second kappa shape index (κ2) is 4.14. The Bertz CT molecular complexity index is 92.2. The molecule has 2 N–H and O–H groups in total. The van der Waals surface area contributed by atoms with Gasteiger partial charge in [0, 0.05) is 0 Å². The lowest BCUT2D eigenvalue weighted by Crippen LogP contribution is -2.32. The lowest BCUT2D eigenvalue weighted by Gasteiger charge is -2.05. The molecule has 0 aromatic carbocycles. The number of carbonyl (C=O) groups is 1. The van der Waals surface area contributed by atoms with Crippen LogP contribution < -0.4 is 5.32 Å². The average Bonchev–Trinajstić information content (AvgIpc) is 1.63. The summed E-state index contributed by atoms with van der Waals surface area (Å²) in [5.41, 5.74) is 0. The van der Waals surface area contributed by atoms with Gasteiger partial charge >= 0.3 is 6.09 Å². The number of amides is 1. The molecule has 1 radical (unpaired) electrons. The van der Waals surface area contributed by atoms with E-state index in [9.17, 15) is 4.79 Å². The van der Waals surface area contributed by atoms with Crippen LogP contribution in [0.2, 0.25) is 0 Å². The molecule has 0 spiro atoms. The van der Waals surface area contributed by atoms with Crippen molar-refractivity contribution in [1.82, 2.24) is 5.32 Å². The third kappa shape index (κ3) is 5.10. The average molecular weight is 132 g/mol. The monoisotopic (exact) mass is 132 g/mol. The zero-order valence-electron chi connectivity index (χ0n) is 5.26. The number of aliphatic hydroxyl groups is 1. The molecule has 0 rings (SSSR count). The highest BCUT2D eigenvalue weighted by Gasteiger charge is 2.01. The van der Waals surface area contributed by atoms with Crippen LogP contribution in [-0.2, 0) is 4.74 Å². The minimum Gasteiger partial charge on any atom is -0.450 e. The Morgan fingerprint density at radius 1 is 2.00 bits per heavy atom. The van der Waals surface area contributed by atoms with Gasteiger partial charge in [0.25, 0.3) is 0 Å². The van der Waals surface area contributed by atoms with Gasteiger partial charge < -0.3 is 9.84 Å². The molecule has 9 heavy (non-hydrogen) atoms. The molecule has 4 nitrogen and oxygen atoms in total. The highest BCUT2D eigenvalue weighted by Crippen LogP contribution is 1.77. The topological polar surface area (TPSA) is 58.6 Å². The van der Waals surface area contributed by atoms with Crippen LogP contribution in [0.1, 0.15) is 6.92 Å². The van der Waals surface area contributed by atoms with Gasteiger partial charge in [-0.1, -0.05) is 0 Å². The molecule has 0 saturated heterocycles. The number of ether oxygens (including phenoxy) is 1. The first-order chi connectivity index (χ1) is 4.16. The zero-order valence-corrected chi connectivity index (χ0v) is 5.26. The van der Waals surface area contributed by atoms with E-state index >= 15 is 0 Å². The number of carbonyl (C=O) groups excluding carboxylic acids is 1. The maximum absolute atomic E-state index is 10.3. The largest absolute Gasteiger partial charge is 0.450 e. The maximum Gasteiger partial charge on any atom is 0.409 e. The molecule has 0 aliphatic carbocycles. The Kier molecular flexibility index (Phi) is 3.79. The summed E-state index contributed by atoms with van der Waals surface area (Å²) in [6.07, 6.45) is -1.75. The second-order valence-electron chi connectivity index (χ2n) is 1.38. The summed E-state index contributed by atoms with van der Waals surface area (Å²) < 4.78 is 4.40. The molecule has 0 aliphatic heterocycles. The normalized spacial score (nSPS) is 12.3. The van der Waals surface area contributed by atoms with Gasteiger partial charge in [0.2, 0.25) is 0 Å². The van der Waals surface area contributed by atoms with Gasteiger partial charge in [0.05, 0.1) is 6.61 Å². The van der Waals surface area contributed by atoms with E-state index in [0.29, 0.717) is 6.61 Å². The van der Waals surface area contributed by atoms with Crippen LogP contribution in [0.3, 0.4) is 0 Å². The quantitative estimate of drug-likeness (QED) is 0.515. The molecule has 1 amide bonds. The van der Waals surface area contributed by atoms with Crippen molar-refractivity contribution in [3.8, 4) is 0 Å². The first-order valence-corrected chi connectivity index (χ1v) is 2.61. The molecular weight excluding hydrogens is 122 g/mol. The van der Waals surface area contributed by atoms with Crippen molar-refractivity contribution >= 4 is 6.09 Å². The molecule has 0 aliphatic rings. The van der Waals surface area contributed by atoms with E-state index in [1.165, 1.54) is 0 Å². The first kappa shape index (κ1) is 8.23. The van der Waals surface area contributed by atoms with Gasteiger partial charge in [-0.3, -0.25) is 5.32 Å². The Morgan fingerprint density at radius 2 is 2.56 bits per heavy atom. The van der Waals surface area contributed by atoms with E-state index in [4.69, 9.17) is 5.11 Å². The van der Waals surface area contributed by atoms with Crippen LogP contribution in [-0.4, -0.2) is 24.0 Å². The molecule has 53 valence electrons. The van der Waals surface area contributed by atoms with Gasteiger partial charge in [-0.05, 0) is 13.8 Å². The van der Waals surface area contributed by atoms with Crippen LogP contribution in [0.4, 0.5) is 4.79 Å². The predicted molar refractivity (Wildman–Crippen MR) is 31.5 cm³/mol. The highest BCUT2D eigenvalue weighted by molar-refractivity contribution is 5.67. The van der Waals surface area contributed by atoms with Crippen LogP contribution in [0.5, 0.6) is 0 Å². The number of hydrogen-bond acceptors (Lipinski definition) is 3. The van der Waals surface area contributed by atoms with E-state index in [-0.39, 0.29) is 0 Å². The van der Waals surface area contributed by atoms with Crippen molar-refractivity contribution in [2.75, 3.05) is 6.61 Å². The number of alkyl carbamates (subject to hydrolysis) is 1. The van der Waals surface area contributed by atoms with Crippen molar-refractivity contribution in [3.63, 3.8) is 0 Å². The van der Waals surface area contributed by atoms with Crippen molar-refractivity contribution in [1.29, 1.82) is 0 Å². The summed E-state index contributed by atoms with van der Waals surface area (Å²) in [6.45, 7) is 5.07. The fourth-order valence-electron chi connectivity index (χ4n) is 0.309. The molecule has 0 heterocycles. The first-order valence-electron chi connectivity index (χ1n) is 2.61. The van der Waals surface area contributed by atoms with E-state index < -0.39 is 12.3 Å². The third-order valence-corrected chi connectivity index (χ3v) is 0.560. The summed E-state index contributed by atoms with van der Waals surface area (Å²) >= 11 is 0. The fraction of sp³-hybridized carbons (Fsp3) is 0.600. The number of nitrogens with one attached hydrogen (secondary N) is 1. The third-order valence-electron chi connectivity index (χ3n) is 0.560. The number of aliphatic hydroxyl groups excluding tert-OH is 1. The smallest absolute Gasteiger partial charge is 0.409 e. The van der Waals surface area contributed by atoms with Crippen molar-refractivity contribution < 1.29 is 14.6 Å². The second-order valence-corrected chi connectivity index (χ2v) is 1.38. The summed E-state index contributed by atoms with van der Waals surface area (Å²) in [6, 6.07) is 0. The van der Waals surface area contributed by atoms with E-state index in [1.807, 2.05) is 5.32 Å². The van der Waals surface area contributed by atoms with E-state index in [2.05, 4.69) is 11.7 Å². The standard InChI is InChI=1S/C5H10NO3/c1-3-9-5(8)6-4(2)7/h4,7H,2-3H2,1H3,(H,6,8). The summed E-state index contributed by atoms with van der Waals surface area (Å²) in [7, 11) is 0. The van der Waals surface area contributed by atoms with Gasteiger partial charge in [-0.2, -0.15) is 0 Å². The Morgan fingerprint density at radius 3 is 2.89 bits per heavy atom. The Balaban J connectivity index is 3.27. The lowest BCUT2D eigenvalue weighted by atomic mass is 10.7. The van der Waals surface area contributed by atoms with E-state index in [1.54, 1.807) is 6.92 Å². The van der Waals surface area contributed by atoms with Gasteiger partial charge in [-0.15, -0.1) is 0 Å². The number of hydrogen-bond donors (Lipinski definition) is 2. The van der Waals surface area contributed by atoms with Crippen LogP contribution in [0, 0.1) is 6.92 Å². The lowest BCUT2D eigenvalue weighted by molar-refractivity contribution is 0.120. The molecule has 0 aromatic rings. The molecular formula is C5H10NO3. The van der Waals surface area contributed by atoms with Crippen LogP contribution in [0.25, 0.3) is 0 Å². The van der Waals surface area contributed by atoms with Gasteiger partial charge in [-0.25, -0.2) is 4.79 Å². The molecule has 1 unspecified atom stereocenters. The van der Waals surface area contributed by atoms with Crippen LogP contribution >= 0.6 is 0 Å². The Labute approximate surface area is 53.8 Å². The molecule has 1 atom stereocenters. The minimum atomic E-state index is -1.09. The van der Waals surface area contributed by atoms with Gasteiger partial charge in [0.1, 0.15) is 6.23 Å². The SMILES string of the molecule is [CH2]C(O)NC(=O)OCC. The van der Waals surface area contributed by atoms with Crippen LogP contribution in [0.15, 0.2) is 0 Å². The van der Waals surface area contributed by atoms with Crippen molar-refractivity contribution in [3.05, 3.63) is 6.92 Å². The van der Waals surface area contributed by atoms with E-state index in [0.717, 1.165) is 0 Å². The minimum absolute atomic E-state index is 0.290. The fourth-order valence-corrected chi connectivity index (χ4v) is 0.309. The number of rotatable bonds is 2. The van der Waals surface area contributed by atoms with Gasteiger partial charge in [0.15, 0.2) is 0 Å². The summed E-state index contributed by atoms with van der Waals surface area (Å²) in [4.78, 5) is 10.3. The maximum atomic E-state index is 10.3. The van der Waals surface area contributed by atoms with Crippen molar-refractivity contribution in [2.24, 2.45) is 0 Å². The molecule has 0 fully saturated rings. The highest BCUT2D eigenvalue weighted by atomic mass is 16.5. The molecule has 0 aromatic heterocycles. The molecule has 0 bridgehead atoms. The summed E-state index contributed by atoms with van der Waals surface area (Å²) in [5, 5.41) is 10.5. The molecule has 0 saturated carbocycles. The predicted octanol–water partition coefficient (Wildman–Crippen LogP) is -0.115. The zero-order chi connectivity index (χ0) is 7.28.